The van der Waals surface area contributed by atoms with Crippen molar-refractivity contribution in [2.45, 2.75) is 31.1 Å². The van der Waals surface area contributed by atoms with E-state index in [1.807, 2.05) is 24.3 Å². The lowest BCUT2D eigenvalue weighted by molar-refractivity contribution is 0.00894. The van der Waals surface area contributed by atoms with Crippen molar-refractivity contribution in [1.82, 2.24) is 9.88 Å². The van der Waals surface area contributed by atoms with Crippen LogP contribution in [-0.4, -0.2) is 41.3 Å². The second-order valence-electron chi connectivity index (χ2n) is 6.17. The van der Waals surface area contributed by atoms with Crippen molar-refractivity contribution < 1.29 is 13.9 Å². The van der Waals surface area contributed by atoms with E-state index in [1.54, 1.807) is 18.7 Å². The molecular weight excluding hydrogens is 280 g/mol. The summed E-state index contributed by atoms with van der Waals surface area (Å²) in [6, 6.07) is 7.79. The van der Waals surface area contributed by atoms with E-state index in [0.29, 0.717) is 6.61 Å². The predicted molar refractivity (Wildman–Crippen MR) is 80.6 cm³/mol. The normalized spacial score (nSPS) is 28.5. The van der Waals surface area contributed by atoms with E-state index in [1.165, 1.54) is 0 Å². The van der Waals surface area contributed by atoms with E-state index < -0.39 is 0 Å². The van der Waals surface area contributed by atoms with Crippen LogP contribution >= 0.6 is 0 Å². The van der Waals surface area contributed by atoms with Gasteiger partial charge in [0.1, 0.15) is 17.6 Å². The van der Waals surface area contributed by atoms with Gasteiger partial charge in [-0.1, -0.05) is 0 Å². The maximum Gasteiger partial charge on any atom is 0.138 e. The first kappa shape index (κ1) is 13.8. The van der Waals surface area contributed by atoms with Crippen LogP contribution in [0.5, 0.6) is 5.75 Å². The van der Waals surface area contributed by atoms with Gasteiger partial charge in [0.25, 0.3) is 0 Å². The molecule has 4 rings (SSSR count). The fourth-order valence-corrected chi connectivity index (χ4v) is 3.46. The molecule has 22 heavy (non-hydrogen) atoms. The number of pyridine rings is 1. The maximum absolute atomic E-state index is 6.12. The van der Waals surface area contributed by atoms with Crippen LogP contribution in [0.25, 0.3) is 0 Å². The summed E-state index contributed by atoms with van der Waals surface area (Å²) in [5, 5.41) is 0. The number of hydrogen-bond donors (Lipinski definition) is 0. The minimum absolute atomic E-state index is 0.0561. The molecule has 2 aromatic rings. The Hall–Kier alpha value is -1.85. The fourth-order valence-electron chi connectivity index (χ4n) is 3.46. The summed E-state index contributed by atoms with van der Waals surface area (Å²) in [7, 11) is 0. The van der Waals surface area contributed by atoms with Crippen molar-refractivity contribution in [3.63, 3.8) is 0 Å². The van der Waals surface area contributed by atoms with Gasteiger partial charge in [0.2, 0.25) is 0 Å². The van der Waals surface area contributed by atoms with Crippen molar-refractivity contribution in [2.24, 2.45) is 0 Å². The maximum atomic E-state index is 6.12. The Morgan fingerprint density at radius 3 is 3.18 bits per heavy atom. The minimum atomic E-state index is -0.0561. The highest BCUT2D eigenvalue weighted by atomic mass is 16.6. The van der Waals surface area contributed by atoms with Crippen molar-refractivity contribution >= 4 is 0 Å². The van der Waals surface area contributed by atoms with Crippen molar-refractivity contribution in [3.8, 4) is 5.75 Å². The molecule has 5 heteroatoms. The summed E-state index contributed by atoms with van der Waals surface area (Å²) in [4.78, 5) is 6.48. The molecule has 2 aromatic heterocycles. The lowest BCUT2D eigenvalue weighted by Gasteiger charge is -2.23. The molecule has 4 heterocycles. The second kappa shape index (κ2) is 5.74. The Kier molecular flexibility index (Phi) is 3.60. The van der Waals surface area contributed by atoms with Crippen LogP contribution in [0.4, 0.5) is 0 Å². The first-order valence-electron chi connectivity index (χ1n) is 7.77. The van der Waals surface area contributed by atoms with Gasteiger partial charge in [0, 0.05) is 25.7 Å². The molecule has 2 unspecified atom stereocenters. The number of nitrogens with zero attached hydrogens (tertiary/aromatic N) is 2. The van der Waals surface area contributed by atoms with Crippen LogP contribution in [0.3, 0.4) is 0 Å². The molecule has 0 saturated carbocycles. The fraction of sp³-hybridized carbons (Fsp3) is 0.471. The number of hydrogen-bond acceptors (Lipinski definition) is 5. The third kappa shape index (κ3) is 2.87. The highest BCUT2D eigenvalue weighted by Gasteiger charge is 2.46. The molecule has 0 aliphatic carbocycles. The monoisotopic (exact) mass is 300 g/mol. The zero-order valence-corrected chi connectivity index (χ0v) is 12.5. The molecule has 116 valence electrons. The largest absolute Gasteiger partial charge is 0.486 e. The van der Waals surface area contributed by atoms with E-state index in [9.17, 15) is 0 Å². The second-order valence-corrected chi connectivity index (χ2v) is 6.17. The summed E-state index contributed by atoms with van der Waals surface area (Å²) >= 11 is 0. The molecule has 2 fully saturated rings. The molecular formula is C17H20N2O3. The topological polar surface area (TPSA) is 47.7 Å². The van der Waals surface area contributed by atoms with Crippen LogP contribution in [0.15, 0.2) is 47.3 Å². The lowest BCUT2D eigenvalue weighted by Crippen LogP contribution is -2.33. The lowest BCUT2D eigenvalue weighted by atomic mass is 9.98. The van der Waals surface area contributed by atoms with E-state index in [0.717, 1.165) is 44.0 Å². The number of likely N-dealkylation sites (tertiary alicyclic amines) is 1. The van der Waals surface area contributed by atoms with Crippen molar-refractivity contribution in [3.05, 3.63) is 48.7 Å². The molecule has 2 aliphatic rings. The van der Waals surface area contributed by atoms with Gasteiger partial charge in [-0.25, -0.2) is 0 Å². The van der Waals surface area contributed by atoms with E-state index in [4.69, 9.17) is 13.9 Å². The average Bonchev–Trinajstić information content (AvgIpc) is 3.25. The van der Waals surface area contributed by atoms with Gasteiger partial charge in [-0.05, 0) is 30.7 Å². The van der Waals surface area contributed by atoms with Crippen LogP contribution in [-0.2, 0) is 11.3 Å². The van der Waals surface area contributed by atoms with Gasteiger partial charge in [-0.2, -0.15) is 0 Å². The summed E-state index contributed by atoms with van der Waals surface area (Å²) in [5.74, 6) is 1.83. The molecule has 1 spiro atoms. The average molecular weight is 300 g/mol. The first-order chi connectivity index (χ1) is 10.8. The molecule has 0 radical (unpaired) electrons. The van der Waals surface area contributed by atoms with Crippen LogP contribution < -0.4 is 4.74 Å². The van der Waals surface area contributed by atoms with Gasteiger partial charge in [0.15, 0.2) is 0 Å². The van der Waals surface area contributed by atoms with Crippen molar-refractivity contribution in [1.29, 1.82) is 0 Å². The van der Waals surface area contributed by atoms with Crippen LogP contribution in [0.1, 0.15) is 18.6 Å². The highest BCUT2D eigenvalue weighted by molar-refractivity contribution is 5.16. The molecule has 0 bridgehead atoms. The van der Waals surface area contributed by atoms with Gasteiger partial charge in [-0.15, -0.1) is 0 Å². The minimum Gasteiger partial charge on any atom is -0.486 e. The van der Waals surface area contributed by atoms with Gasteiger partial charge < -0.3 is 13.9 Å². The number of rotatable bonds is 4. The van der Waals surface area contributed by atoms with Gasteiger partial charge in [0.05, 0.1) is 31.2 Å². The smallest absolute Gasteiger partial charge is 0.138 e. The first-order valence-corrected chi connectivity index (χ1v) is 7.77. The molecule has 2 aliphatic heterocycles. The Balaban J connectivity index is 1.34. The zero-order chi connectivity index (χ0) is 14.8. The summed E-state index contributed by atoms with van der Waals surface area (Å²) in [5.41, 5.74) is -0.0561. The summed E-state index contributed by atoms with van der Waals surface area (Å²) in [6.45, 7) is 3.50. The highest BCUT2D eigenvalue weighted by Crippen LogP contribution is 2.37. The van der Waals surface area contributed by atoms with Crippen molar-refractivity contribution in [2.75, 3.05) is 19.7 Å². The zero-order valence-electron chi connectivity index (χ0n) is 12.5. The number of aromatic nitrogens is 1. The number of furan rings is 1. The Morgan fingerprint density at radius 1 is 1.36 bits per heavy atom. The Morgan fingerprint density at radius 2 is 2.36 bits per heavy atom. The molecule has 0 aromatic carbocycles. The van der Waals surface area contributed by atoms with E-state index in [-0.39, 0.29) is 11.7 Å². The quantitative estimate of drug-likeness (QED) is 0.868. The Labute approximate surface area is 129 Å². The van der Waals surface area contributed by atoms with E-state index in [2.05, 4.69) is 9.88 Å². The molecule has 5 nitrogen and oxygen atoms in total. The third-order valence-electron chi connectivity index (χ3n) is 4.47. The summed E-state index contributed by atoms with van der Waals surface area (Å²) in [6.07, 6.45) is 7.35. The standard InChI is InChI=1S/C17H20N2O3/c1-3-14(10-18-6-1)22-16-9-17(21-12-16)5-7-19(13-17)11-15-4-2-8-20-15/h1-4,6,8,10,16H,5,7,9,11-13H2. The molecule has 0 amide bonds. The number of ether oxygens (including phenoxy) is 2. The van der Waals surface area contributed by atoms with E-state index >= 15 is 0 Å². The third-order valence-corrected chi connectivity index (χ3v) is 4.47. The van der Waals surface area contributed by atoms with Gasteiger partial charge in [-0.3, -0.25) is 9.88 Å². The SMILES string of the molecule is c1cncc(OC2COC3(CCN(Cc4ccco4)C3)C2)c1. The molecule has 2 saturated heterocycles. The van der Waals surface area contributed by atoms with Crippen LogP contribution in [0.2, 0.25) is 0 Å². The Bertz CT molecular complexity index is 602. The van der Waals surface area contributed by atoms with Gasteiger partial charge >= 0.3 is 0 Å². The predicted octanol–water partition coefficient (Wildman–Crippen LogP) is 2.49. The van der Waals surface area contributed by atoms with Crippen LogP contribution in [0, 0.1) is 0 Å². The molecule has 2 atom stereocenters. The molecule has 0 N–H and O–H groups in total. The summed E-state index contributed by atoms with van der Waals surface area (Å²) < 4.78 is 17.5.